The number of aliphatic hydroxyl groups is 3. The Balaban J connectivity index is 0. The lowest BCUT2D eigenvalue weighted by Gasteiger charge is -2.05. The molecule has 0 aliphatic rings. The summed E-state index contributed by atoms with van der Waals surface area (Å²) in [6.07, 6.45) is 0. The molecule has 0 aromatic carbocycles. The van der Waals surface area contributed by atoms with E-state index >= 15 is 0 Å². The van der Waals surface area contributed by atoms with Crippen LogP contribution in [0.15, 0.2) is 0 Å². The fourth-order valence-electron chi connectivity index (χ4n) is 1.32. The van der Waals surface area contributed by atoms with Gasteiger partial charge in [0.15, 0.2) is 0 Å². The van der Waals surface area contributed by atoms with Gasteiger partial charge in [0.25, 0.3) is 0 Å². The van der Waals surface area contributed by atoms with Crippen molar-refractivity contribution >= 4 is 18.6 Å². The summed E-state index contributed by atoms with van der Waals surface area (Å²) < 4.78 is 29.7. The Labute approximate surface area is 166 Å². The van der Waals surface area contributed by atoms with Crippen LogP contribution in [-0.4, -0.2) is 120 Å². The molecule has 0 aromatic rings. The maximum atomic E-state index is 10.6. The molecule has 0 bridgehead atoms. The van der Waals surface area contributed by atoms with Crippen molar-refractivity contribution in [2.45, 2.75) is 0 Å². The molecule has 164 valence electrons. The van der Waals surface area contributed by atoms with E-state index in [1.807, 2.05) is 0 Å². The Kier molecular flexibility index (Phi) is 29.5. The van der Waals surface area contributed by atoms with Crippen molar-refractivity contribution in [2.24, 2.45) is 0 Å². The van der Waals surface area contributed by atoms with Gasteiger partial charge in [0.1, 0.15) is 6.61 Å². The van der Waals surface area contributed by atoms with Crippen LogP contribution in [0.3, 0.4) is 0 Å². The second-order valence-corrected chi connectivity index (χ2v) is 4.93. The third-order valence-corrected chi connectivity index (χ3v) is 2.70. The average molecular weight is 419 g/mol. The molecule has 0 fully saturated rings. The van der Waals surface area contributed by atoms with Crippen molar-refractivity contribution in [3.63, 3.8) is 0 Å². The van der Waals surface area contributed by atoms with E-state index in [2.05, 4.69) is 12.6 Å². The van der Waals surface area contributed by atoms with Crippen molar-refractivity contribution in [1.29, 1.82) is 0 Å². The summed E-state index contributed by atoms with van der Waals surface area (Å²) in [5.41, 5.74) is 0. The van der Waals surface area contributed by atoms with Crippen molar-refractivity contribution in [2.75, 3.05) is 98.2 Å². The Hall–Kier alpha value is -0.500. The molecule has 0 heterocycles. The number of aliphatic hydroxyl groups excluding tert-OH is 3. The lowest BCUT2D eigenvalue weighted by Crippen LogP contribution is -2.14. The lowest BCUT2D eigenvalue weighted by molar-refractivity contribution is -0.142. The Morgan fingerprint density at radius 1 is 0.556 bits per heavy atom. The first-order chi connectivity index (χ1) is 13.2. The van der Waals surface area contributed by atoms with E-state index in [4.69, 9.17) is 43.7 Å². The molecule has 0 aliphatic heterocycles. The second-order valence-electron chi connectivity index (χ2n) is 4.61. The highest BCUT2D eigenvalue weighted by molar-refractivity contribution is 7.81. The maximum Gasteiger partial charge on any atom is 0.315 e. The molecule has 0 aromatic heterocycles. The first-order valence-corrected chi connectivity index (χ1v) is 9.33. The standard InChI is InChI=1S/C8H16O5S.C8H18O5/c9-1-2-11-3-4-12-5-6-13-8(10)7-14;9-1-3-11-5-7-13-8-6-12-4-2-10/h9,14H,1-7H2;9-10H,1-8H2. The first-order valence-electron chi connectivity index (χ1n) is 8.70. The highest BCUT2D eigenvalue weighted by atomic mass is 32.1. The minimum absolute atomic E-state index is 0.0134. The first kappa shape index (κ1) is 28.7. The van der Waals surface area contributed by atoms with Crippen LogP contribution in [-0.2, 0) is 33.2 Å². The number of thiol groups is 1. The molecule has 0 unspecified atom stereocenters. The molecule has 3 N–H and O–H groups in total. The van der Waals surface area contributed by atoms with Crippen LogP contribution in [0.25, 0.3) is 0 Å². The fourth-order valence-corrected chi connectivity index (χ4v) is 1.41. The van der Waals surface area contributed by atoms with Gasteiger partial charge >= 0.3 is 5.97 Å². The molecule has 0 radical (unpaired) electrons. The SMILES string of the molecule is O=C(CS)OCCOCCOCCO.OCCOCCOCCOCCO. The third kappa shape index (κ3) is 30.5. The number of esters is 1. The quantitative estimate of drug-likeness (QED) is 0.112. The molecule has 27 heavy (non-hydrogen) atoms. The Bertz CT molecular complexity index is 274. The van der Waals surface area contributed by atoms with Gasteiger partial charge < -0.3 is 43.7 Å². The topological polar surface area (TPSA) is 133 Å². The van der Waals surface area contributed by atoms with Gasteiger partial charge in [-0.1, -0.05) is 0 Å². The van der Waals surface area contributed by atoms with Crippen LogP contribution in [0.1, 0.15) is 0 Å². The molecule has 0 saturated carbocycles. The monoisotopic (exact) mass is 418 g/mol. The van der Waals surface area contributed by atoms with Gasteiger partial charge in [0.2, 0.25) is 0 Å². The summed E-state index contributed by atoms with van der Waals surface area (Å²) in [7, 11) is 0. The van der Waals surface area contributed by atoms with Crippen LogP contribution in [0.2, 0.25) is 0 Å². The lowest BCUT2D eigenvalue weighted by atomic mass is 10.7. The van der Waals surface area contributed by atoms with E-state index < -0.39 is 0 Å². The predicted octanol–water partition coefficient (Wildman–Crippen LogP) is -1.49. The Morgan fingerprint density at radius 3 is 1.15 bits per heavy atom. The minimum atomic E-state index is -0.353. The summed E-state index contributed by atoms with van der Waals surface area (Å²) in [5, 5.41) is 25.1. The molecular weight excluding hydrogens is 384 g/mol. The van der Waals surface area contributed by atoms with Crippen LogP contribution in [0.5, 0.6) is 0 Å². The molecule has 0 amide bonds. The van der Waals surface area contributed by atoms with Gasteiger partial charge in [0.05, 0.1) is 91.6 Å². The van der Waals surface area contributed by atoms with E-state index in [1.54, 1.807) is 0 Å². The number of hydrogen-bond donors (Lipinski definition) is 4. The molecule has 0 spiro atoms. The highest BCUT2D eigenvalue weighted by Gasteiger charge is 1.97. The summed E-state index contributed by atoms with van der Waals surface area (Å²) in [4.78, 5) is 10.6. The molecule has 0 saturated heterocycles. The van der Waals surface area contributed by atoms with Gasteiger partial charge in [-0.2, -0.15) is 12.6 Å². The van der Waals surface area contributed by atoms with Gasteiger partial charge in [-0.15, -0.1) is 0 Å². The number of carbonyl (C=O) groups is 1. The summed E-state index contributed by atoms with van der Waals surface area (Å²) in [6, 6.07) is 0. The normalized spacial score (nSPS) is 10.4. The van der Waals surface area contributed by atoms with Crippen molar-refractivity contribution < 1.29 is 48.5 Å². The zero-order valence-corrected chi connectivity index (χ0v) is 16.6. The van der Waals surface area contributed by atoms with Gasteiger partial charge in [0, 0.05) is 0 Å². The molecule has 0 aliphatic carbocycles. The summed E-state index contributed by atoms with van der Waals surface area (Å²) in [6.45, 7) is 4.54. The second kappa shape index (κ2) is 27.7. The smallest absolute Gasteiger partial charge is 0.315 e. The van der Waals surface area contributed by atoms with E-state index in [1.165, 1.54) is 0 Å². The fraction of sp³-hybridized carbons (Fsp3) is 0.938. The Morgan fingerprint density at radius 2 is 0.852 bits per heavy atom. The van der Waals surface area contributed by atoms with Crippen LogP contribution in [0.4, 0.5) is 0 Å². The molecule has 0 rings (SSSR count). The number of rotatable bonds is 19. The van der Waals surface area contributed by atoms with Gasteiger partial charge in [-0.3, -0.25) is 4.79 Å². The molecule has 0 atom stereocenters. The molecular formula is C16H34O10S. The average Bonchev–Trinajstić information content (AvgIpc) is 2.69. The van der Waals surface area contributed by atoms with Crippen LogP contribution >= 0.6 is 12.6 Å². The zero-order valence-electron chi connectivity index (χ0n) is 15.8. The van der Waals surface area contributed by atoms with Crippen molar-refractivity contribution in [3.05, 3.63) is 0 Å². The highest BCUT2D eigenvalue weighted by Crippen LogP contribution is 1.84. The number of ether oxygens (including phenoxy) is 6. The number of carbonyl (C=O) groups excluding carboxylic acids is 1. The third-order valence-electron chi connectivity index (χ3n) is 2.44. The maximum absolute atomic E-state index is 10.6. The van der Waals surface area contributed by atoms with Crippen molar-refractivity contribution in [3.8, 4) is 0 Å². The van der Waals surface area contributed by atoms with Gasteiger partial charge in [-0.25, -0.2) is 0 Å². The number of hydrogen-bond acceptors (Lipinski definition) is 11. The van der Waals surface area contributed by atoms with E-state index in [0.717, 1.165) is 0 Å². The largest absolute Gasteiger partial charge is 0.463 e. The van der Waals surface area contributed by atoms with Crippen molar-refractivity contribution in [1.82, 2.24) is 0 Å². The van der Waals surface area contributed by atoms with E-state index in [0.29, 0.717) is 66.1 Å². The predicted molar refractivity (Wildman–Crippen MR) is 100 cm³/mol. The molecule has 10 nitrogen and oxygen atoms in total. The summed E-state index contributed by atoms with van der Waals surface area (Å²) >= 11 is 3.74. The zero-order chi connectivity index (χ0) is 20.4. The van der Waals surface area contributed by atoms with Crippen LogP contribution < -0.4 is 0 Å². The van der Waals surface area contributed by atoms with Gasteiger partial charge in [-0.05, 0) is 0 Å². The van der Waals surface area contributed by atoms with E-state index in [9.17, 15) is 4.79 Å². The van der Waals surface area contributed by atoms with E-state index in [-0.39, 0.29) is 38.1 Å². The molecule has 11 heteroatoms. The van der Waals surface area contributed by atoms with Crippen LogP contribution in [0, 0.1) is 0 Å². The minimum Gasteiger partial charge on any atom is -0.463 e. The summed E-state index contributed by atoms with van der Waals surface area (Å²) in [5.74, 6) is -0.270.